The van der Waals surface area contributed by atoms with Crippen LogP contribution in [0, 0.1) is 11.8 Å². The molecule has 0 amide bonds. The molecule has 4 nitrogen and oxygen atoms in total. The fraction of sp³-hybridized carbons (Fsp3) is 0.600. The molecule has 0 unspecified atom stereocenters. The average molecular weight is 228 g/mol. The molecule has 0 aliphatic carbocycles. The van der Waals surface area contributed by atoms with Crippen LogP contribution in [-0.2, 0) is 0 Å². The van der Waals surface area contributed by atoms with Gasteiger partial charge in [0.05, 0.1) is 0 Å². The summed E-state index contributed by atoms with van der Waals surface area (Å²) in [5.74, 6) is 1.50. The molecule has 1 saturated heterocycles. The molecular formula is C10H14ClN3O. The molecule has 1 N–H and O–H groups in total. The number of hydrogen-bond acceptors (Lipinski definition) is 4. The Morgan fingerprint density at radius 3 is 2.80 bits per heavy atom. The second-order valence-corrected chi connectivity index (χ2v) is 4.35. The van der Waals surface area contributed by atoms with Crippen molar-refractivity contribution in [2.45, 2.75) is 6.92 Å². The van der Waals surface area contributed by atoms with Crippen LogP contribution < -0.4 is 4.90 Å². The molecule has 2 heterocycles. The van der Waals surface area contributed by atoms with Gasteiger partial charge in [0.25, 0.3) is 0 Å². The van der Waals surface area contributed by atoms with Crippen molar-refractivity contribution in [3.63, 3.8) is 0 Å². The Morgan fingerprint density at radius 1 is 1.47 bits per heavy atom. The highest BCUT2D eigenvalue weighted by atomic mass is 35.5. The van der Waals surface area contributed by atoms with Gasteiger partial charge in [0.15, 0.2) is 11.0 Å². The van der Waals surface area contributed by atoms with Gasteiger partial charge in [-0.25, -0.2) is 9.97 Å². The van der Waals surface area contributed by atoms with Gasteiger partial charge in [-0.05, 0) is 5.92 Å². The fourth-order valence-electron chi connectivity index (χ4n) is 1.97. The van der Waals surface area contributed by atoms with Gasteiger partial charge in [-0.1, -0.05) is 18.5 Å². The molecule has 1 fully saturated rings. The first-order chi connectivity index (χ1) is 7.22. The zero-order valence-electron chi connectivity index (χ0n) is 8.60. The average Bonchev–Trinajstić information content (AvgIpc) is 2.60. The number of aliphatic hydroxyl groups excluding tert-OH is 1. The topological polar surface area (TPSA) is 49.2 Å². The Kier molecular flexibility index (Phi) is 3.07. The van der Waals surface area contributed by atoms with E-state index in [1.54, 1.807) is 12.4 Å². The van der Waals surface area contributed by atoms with Crippen LogP contribution in [0.15, 0.2) is 12.4 Å². The van der Waals surface area contributed by atoms with E-state index in [0.29, 0.717) is 17.0 Å². The van der Waals surface area contributed by atoms with Crippen molar-refractivity contribution in [2.24, 2.45) is 11.8 Å². The lowest BCUT2D eigenvalue weighted by atomic mass is 10.00. The molecule has 1 aliphatic rings. The van der Waals surface area contributed by atoms with Gasteiger partial charge in [-0.15, -0.1) is 0 Å². The lowest BCUT2D eigenvalue weighted by Crippen LogP contribution is -2.22. The van der Waals surface area contributed by atoms with Crippen LogP contribution in [0.5, 0.6) is 0 Å². The Morgan fingerprint density at radius 2 is 2.20 bits per heavy atom. The van der Waals surface area contributed by atoms with Crippen LogP contribution in [-0.4, -0.2) is 34.8 Å². The summed E-state index contributed by atoms with van der Waals surface area (Å²) >= 11 is 5.97. The largest absolute Gasteiger partial charge is 0.396 e. The highest BCUT2D eigenvalue weighted by Gasteiger charge is 2.30. The molecule has 0 bridgehead atoms. The molecule has 1 aromatic rings. The number of hydrogen-bond donors (Lipinski definition) is 1. The van der Waals surface area contributed by atoms with Crippen molar-refractivity contribution in [3.05, 3.63) is 17.5 Å². The van der Waals surface area contributed by atoms with Gasteiger partial charge in [0, 0.05) is 38.0 Å². The van der Waals surface area contributed by atoms with E-state index in [4.69, 9.17) is 11.6 Å². The van der Waals surface area contributed by atoms with Crippen molar-refractivity contribution in [3.8, 4) is 0 Å². The van der Waals surface area contributed by atoms with Crippen LogP contribution in [0.4, 0.5) is 5.82 Å². The van der Waals surface area contributed by atoms with Gasteiger partial charge in [-0.3, -0.25) is 0 Å². The first kappa shape index (κ1) is 10.6. The maximum absolute atomic E-state index is 9.17. The summed E-state index contributed by atoms with van der Waals surface area (Å²) in [6.07, 6.45) is 3.22. The van der Waals surface area contributed by atoms with Gasteiger partial charge in [0.2, 0.25) is 0 Å². The van der Waals surface area contributed by atoms with E-state index in [9.17, 15) is 5.11 Å². The van der Waals surface area contributed by atoms with Crippen LogP contribution in [0.3, 0.4) is 0 Å². The predicted octanol–water partition coefficient (Wildman–Crippen LogP) is 1.19. The Balaban J connectivity index is 2.17. The highest BCUT2D eigenvalue weighted by molar-refractivity contribution is 6.31. The quantitative estimate of drug-likeness (QED) is 0.825. The van der Waals surface area contributed by atoms with Crippen LogP contribution in [0.2, 0.25) is 5.15 Å². The van der Waals surface area contributed by atoms with E-state index in [1.807, 2.05) is 0 Å². The summed E-state index contributed by atoms with van der Waals surface area (Å²) in [5.41, 5.74) is 0. The van der Waals surface area contributed by atoms with Crippen LogP contribution in [0.25, 0.3) is 0 Å². The van der Waals surface area contributed by atoms with Crippen LogP contribution >= 0.6 is 11.6 Å². The van der Waals surface area contributed by atoms with E-state index in [-0.39, 0.29) is 6.61 Å². The highest BCUT2D eigenvalue weighted by Crippen LogP contribution is 2.29. The molecule has 1 aromatic heterocycles. The molecule has 0 saturated carbocycles. The molecule has 2 rings (SSSR count). The summed E-state index contributed by atoms with van der Waals surface area (Å²) < 4.78 is 0. The molecule has 0 aromatic carbocycles. The summed E-state index contributed by atoms with van der Waals surface area (Å²) in [4.78, 5) is 10.3. The second-order valence-electron chi connectivity index (χ2n) is 4.00. The van der Waals surface area contributed by atoms with E-state index < -0.39 is 0 Å². The van der Waals surface area contributed by atoms with E-state index in [2.05, 4.69) is 21.8 Å². The zero-order chi connectivity index (χ0) is 10.8. The molecule has 5 heteroatoms. The fourth-order valence-corrected chi connectivity index (χ4v) is 2.20. The van der Waals surface area contributed by atoms with Crippen molar-refractivity contribution in [2.75, 3.05) is 24.6 Å². The minimum Gasteiger partial charge on any atom is -0.396 e. The number of aliphatic hydroxyl groups is 1. The predicted molar refractivity (Wildman–Crippen MR) is 59.0 cm³/mol. The van der Waals surface area contributed by atoms with Gasteiger partial charge >= 0.3 is 0 Å². The maximum Gasteiger partial charge on any atom is 0.171 e. The molecule has 0 spiro atoms. The monoisotopic (exact) mass is 227 g/mol. The van der Waals surface area contributed by atoms with E-state index in [0.717, 1.165) is 18.9 Å². The smallest absolute Gasteiger partial charge is 0.171 e. The van der Waals surface area contributed by atoms with Gasteiger partial charge in [-0.2, -0.15) is 0 Å². The minimum atomic E-state index is 0.218. The minimum absolute atomic E-state index is 0.218. The third-order valence-electron chi connectivity index (χ3n) is 2.94. The number of anilines is 1. The normalized spacial score (nSPS) is 25.9. The number of halogens is 1. The zero-order valence-corrected chi connectivity index (χ0v) is 9.35. The van der Waals surface area contributed by atoms with Crippen molar-refractivity contribution >= 4 is 17.4 Å². The lowest BCUT2D eigenvalue weighted by Gasteiger charge is -2.17. The third kappa shape index (κ3) is 2.06. The first-order valence-corrected chi connectivity index (χ1v) is 5.42. The first-order valence-electron chi connectivity index (χ1n) is 5.04. The number of nitrogens with zero attached hydrogens (tertiary/aromatic N) is 3. The lowest BCUT2D eigenvalue weighted by molar-refractivity contribution is 0.212. The van der Waals surface area contributed by atoms with Crippen molar-refractivity contribution in [1.29, 1.82) is 0 Å². The van der Waals surface area contributed by atoms with Crippen molar-refractivity contribution < 1.29 is 5.11 Å². The molecular weight excluding hydrogens is 214 g/mol. The molecule has 15 heavy (non-hydrogen) atoms. The van der Waals surface area contributed by atoms with Crippen LogP contribution in [0.1, 0.15) is 6.92 Å². The Labute approximate surface area is 93.9 Å². The number of rotatable bonds is 2. The van der Waals surface area contributed by atoms with E-state index in [1.165, 1.54) is 0 Å². The summed E-state index contributed by atoms with van der Waals surface area (Å²) in [6, 6.07) is 0. The molecule has 0 radical (unpaired) electrons. The summed E-state index contributed by atoms with van der Waals surface area (Å²) in [5, 5.41) is 9.61. The standard InChI is InChI=1S/C10H14ClN3O/c1-7-4-14(5-8(7)6-15)10-9(11)12-2-3-13-10/h2-3,7-8,15H,4-6H2,1H3/t7-,8-/m0/s1. The van der Waals surface area contributed by atoms with Crippen molar-refractivity contribution in [1.82, 2.24) is 9.97 Å². The second kappa shape index (κ2) is 4.33. The Bertz CT molecular complexity index is 347. The Hall–Kier alpha value is -0.870. The molecule has 1 aliphatic heterocycles. The van der Waals surface area contributed by atoms with Gasteiger partial charge < -0.3 is 10.0 Å². The summed E-state index contributed by atoms with van der Waals surface area (Å²) in [6.45, 7) is 4.03. The van der Waals surface area contributed by atoms with E-state index >= 15 is 0 Å². The number of aromatic nitrogens is 2. The summed E-state index contributed by atoms with van der Waals surface area (Å²) in [7, 11) is 0. The maximum atomic E-state index is 9.17. The third-order valence-corrected chi connectivity index (χ3v) is 3.20. The van der Waals surface area contributed by atoms with Gasteiger partial charge in [0.1, 0.15) is 0 Å². The molecule has 2 atom stereocenters. The molecule has 82 valence electrons. The SMILES string of the molecule is C[C@H]1CN(c2nccnc2Cl)C[C@H]1CO.